The number of hydrogen-bond acceptors (Lipinski definition) is 2. The molecule has 1 atom stereocenters. The largest absolute Gasteiger partial charge is 0.381 e. The van der Waals surface area contributed by atoms with Crippen LogP contribution in [0, 0.1) is 0 Å². The highest BCUT2D eigenvalue weighted by atomic mass is 31.0. The molecule has 2 nitrogen and oxygen atoms in total. The summed E-state index contributed by atoms with van der Waals surface area (Å²) >= 11 is 0. The molecule has 0 rings (SSSR count). The lowest BCUT2D eigenvalue weighted by Gasteiger charge is -2.14. The molecule has 0 aromatic carbocycles. The molecular weight excluding hydrogens is 121 g/mol. The molecule has 0 aliphatic rings. The number of aliphatic hydroxyl groups is 1. The average molecular weight is 135 g/mol. The van der Waals surface area contributed by atoms with Gasteiger partial charge in [0.05, 0.1) is 6.73 Å². The zero-order chi connectivity index (χ0) is 6.41. The quantitative estimate of drug-likeness (QED) is 0.437. The Morgan fingerprint density at radius 1 is 1.62 bits per heavy atom. The topological polar surface area (TPSA) is 23.5 Å². The zero-order valence-electron chi connectivity index (χ0n) is 5.30. The Hall–Kier alpha value is 0.350. The second-order valence-electron chi connectivity index (χ2n) is 1.64. The summed E-state index contributed by atoms with van der Waals surface area (Å²) < 4.78 is 0. The standard InChI is InChI=1S/C5H14NOP/c1-2-6(5-7)3-4-8/h7H,2-5,8H2,1H3. The molecule has 0 bridgehead atoms. The van der Waals surface area contributed by atoms with Crippen LogP contribution in [0.5, 0.6) is 0 Å². The van der Waals surface area contributed by atoms with Crippen molar-refractivity contribution in [3.05, 3.63) is 0 Å². The minimum Gasteiger partial charge on any atom is -0.381 e. The molecule has 1 unspecified atom stereocenters. The Morgan fingerprint density at radius 3 is 2.38 bits per heavy atom. The summed E-state index contributed by atoms with van der Waals surface area (Å²) in [4.78, 5) is 1.97. The third-order valence-electron chi connectivity index (χ3n) is 1.09. The summed E-state index contributed by atoms with van der Waals surface area (Å²) in [6.07, 6.45) is 1.04. The van der Waals surface area contributed by atoms with Crippen LogP contribution in [0.15, 0.2) is 0 Å². The highest BCUT2D eigenvalue weighted by molar-refractivity contribution is 7.16. The van der Waals surface area contributed by atoms with Crippen molar-refractivity contribution in [1.29, 1.82) is 0 Å². The fourth-order valence-corrected chi connectivity index (χ4v) is 0.877. The van der Waals surface area contributed by atoms with Gasteiger partial charge in [-0.2, -0.15) is 0 Å². The van der Waals surface area contributed by atoms with Gasteiger partial charge >= 0.3 is 0 Å². The predicted octanol–water partition coefficient (Wildman–Crippen LogP) is 0.133. The second kappa shape index (κ2) is 5.49. The normalized spacial score (nSPS) is 10.5. The van der Waals surface area contributed by atoms with E-state index >= 15 is 0 Å². The summed E-state index contributed by atoms with van der Waals surface area (Å²) in [7, 11) is 2.63. The van der Waals surface area contributed by atoms with Crippen molar-refractivity contribution in [3.63, 3.8) is 0 Å². The van der Waals surface area contributed by atoms with Crippen LogP contribution in [-0.2, 0) is 0 Å². The van der Waals surface area contributed by atoms with Gasteiger partial charge in [-0.1, -0.05) is 6.92 Å². The maximum Gasteiger partial charge on any atom is 0.0956 e. The van der Waals surface area contributed by atoms with Gasteiger partial charge < -0.3 is 5.11 Å². The maximum atomic E-state index is 8.57. The van der Waals surface area contributed by atoms with E-state index in [9.17, 15) is 0 Å². The van der Waals surface area contributed by atoms with Crippen LogP contribution in [0.25, 0.3) is 0 Å². The molecule has 0 spiro atoms. The van der Waals surface area contributed by atoms with E-state index in [-0.39, 0.29) is 6.73 Å². The minimum absolute atomic E-state index is 0.185. The first-order chi connectivity index (χ1) is 3.85. The molecule has 0 saturated carbocycles. The summed E-state index contributed by atoms with van der Waals surface area (Å²) in [5, 5.41) is 8.57. The molecule has 1 N–H and O–H groups in total. The van der Waals surface area contributed by atoms with E-state index in [4.69, 9.17) is 5.11 Å². The highest BCUT2D eigenvalue weighted by Crippen LogP contribution is 1.87. The van der Waals surface area contributed by atoms with Crippen molar-refractivity contribution in [2.24, 2.45) is 0 Å². The van der Waals surface area contributed by atoms with Gasteiger partial charge in [-0.05, 0) is 12.7 Å². The van der Waals surface area contributed by atoms with Gasteiger partial charge in [-0.25, -0.2) is 0 Å². The number of nitrogens with zero attached hydrogens (tertiary/aromatic N) is 1. The first-order valence-corrected chi connectivity index (χ1v) is 3.70. The van der Waals surface area contributed by atoms with Gasteiger partial charge in [-0.3, -0.25) is 4.90 Å². The molecule has 0 heterocycles. The molecule has 0 saturated heterocycles. The van der Waals surface area contributed by atoms with Crippen LogP contribution in [0.2, 0.25) is 0 Å². The summed E-state index contributed by atoms with van der Waals surface area (Å²) in [5.41, 5.74) is 0. The van der Waals surface area contributed by atoms with E-state index in [0.717, 1.165) is 19.3 Å². The Labute approximate surface area is 53.1 Å². The zero-order valence-corrected chi connectivity index (χ0v) is 6.45. The van der Waals surface area contributed by atoms with E-state index in [1.54, 1.807) is 0 Å². The maximum absolute atomic E-state index is 8.57. The monoisotopic (exact) mass is 135 g/mol. The van der Waals surface area contributed by atoms with E-state index in [2.05, 4.69) is 9.24 Å². The van der Waals surface area contributed by atoms with E-state index in [1.807, 2.05) is 11.8 Å². The van der Waals surface area contributed by atoms with Crippen molar-refractivity contribution in [1.82, 2.24) is 4.90 Å². The van der Waals surface area contributed by atoms with E-state index in [0.29, 0.717) is 0 Å². The molecular formula is C5H14NOP. The summed E-state index contributed by atoms with van der Waals surface area (Å²) in [6, 6.07) is 0. The van der Waals surface area contributed by atoms with Crippen molar-refractivity contribution in [3.8, 4) is 0 Å². The van der Waals surface area contributed by atoms with Gasteiger partial charge in [0.15, 0.2) is 0 Å². The molecule has 0 radical (unpaired) electrons. The Bertz CT molecular complexity index is 47.7. The summed E-state index contributed by atoms with van der Waals surface area (Å²) in [6.45, 7) is 4.13. The number of hydrogen-bond donors (Lipinski definition) is 1. The molecule has 3 heteroatoms. The first-order valence-electron chi connectivity index (χ1n) is 2.88. The Kier molecular flexibility index (Phi) is 5.73. The molecule has 0 fully saturated rings. The first kappa shape index (κ1) is 8.35. The lowest BCUT2D eigenvalue weighted by atomic mass is 10.6. The van der Waals surface area contributed by atoms with Crippen molar-refractivity contribution < 1.29 is 5.11 Å². The van der Waals surface area contributed by atoms with Crippen LogP contribution in [-0.4, -0.2) is 36.0 Å². The van der Waals surface area contributed by atoms with Gasteiger partial charge in [-0.15, -0.1) is 9.24 Å². The average Bonchev–Trinajstić information content (AvgIpc) is 1.83. The van der Waals surface area contributed by atoms with Crippen molar-refractivity contribution in [2.75, 3.05) is 26.0 Å². The van der Waals surface area contributed by atoms with E-state index in [1.165, 1.54) is 0 Å². The van der Waals surface area contributed by atoms with Gasteiger partial charge in [0.25, 0.3) is 0 Å². The molecule has 8 heavy (non-hydrogen) atoms. The Morgan fingerprint density at radius 2 is 2.25 bits per heavy atom. The van der Waals surface area contributed by atoms with Gasteiger partial charge in [0.1, 0.15) is 0 Å². The fourth-order valence-electron chi connectivity index (χ4n) is 0.511. The van der Waals surface area contributed by atoms with E-state index < -0.39 is 0 Å². The van der Waals surface area contributed by atoms with Crippen LogP contribution < -0.4 is 0 Å². The number of aliphatic hydroxyl groups excluding tert-OH is 1. The van der Waals surface area contributed by atoms with Gasteiger partial charge in [0, 0.05) is 6.54 Å². The van der Waals surface area contributed by atoms with Crippen LogP contribution in [0.4, 0.5) is 0 Å². The van der Waals surface area contributed by atoms with Crippen LogP contribution in [0.3, 0.4) is 0 Å². The SMILES string of the molecule is CCN(CO)CCP. The Balaban J connectivity index is 3.07. The fraction of sp³-hybridized carbons (Fsp3) is 1.00. The third-order valence-corrected chi connectivity index (χ3v) is 1.35. The molecule has 0 aromatic rings. The minimum atomic E-state index is 0.185. The molecule has 50 valence electrons. The molecule has 0 aromatic heterocycles. The molecule has 0 amide bonds. The number of rotatable bonds is 4. The lowest BCUT2D eigenvalue weighted by molar-refractivity contribution is 0.119. The predicted molar refractivity (Wildman–Crippen MR) is 38.9 cm³/mol. The lowest BCUT2D eigenvalue weighted by Crippen LogP contribution is -2.25. The molecule has 0 aliphatic carbocycles. The third kappa shape index (κ3) is 3.36. The summed E-state index contributed by atoms with van der Waals surface area (Å²) in [5.74, 6) is 0. The van der Waals surface area contributed by atoms with Crippen LogP contribution in [0.1, 0.15) is 6.92 Å². The van der Waals surface area contributed by atoms with Gasteiger partial charge in [0.2, 0.25) is 0 Å². The second-order valence-corrected chi connectivity index (χ2v) is 2.22. The molecule has 0 aliphatic heterocycles. The van der Waals surface area contributed by atoms with Crippen molar-refractivity contribution in [2.45, 2.75) is 6.92 Å². The van der Waals surface area contributed by atoms with Crippen LogP contribution >= 0.6 is 9.24 Å². The highest BCUT2D eigenvalue weighted by Gasteiger charge is 1.94. The van der Waals surface area contributed by atoms with Crippen molar-refractivity contribution >= 4 is 9.24 Å². The smallest absolute Gasteiger partial charge is 0.0956 e.